The third-order valence-electron chi connectivity index (χ3n) is 5.76. The van der Waals surface area contributed by atoms with E-state index in [1.807, 2.05) is 19.1 Å². The van der Waals surface area contributed by atoms with Crippen molar-refractivity contribution in [2.45, 2.75) is 20.8 Å². The van der Waals surface area contributed by atoms with E-state index in [-0.39, 0.29) is 16.5 Å². The molecule has 2 aromatic carbocycles. The maximum Gasteiger partial charge on any atom is 0.335 e. The van der Waals surface area contributed by atoms with Crippen LogP contribution in [0.15, 0.2) is 50.8 Å². The number of hydrogen-bond donors (Lipinski definition) is 1. The third kappa shape index (κ3) is 2.91. The Hall–Kier alpha value is -3.94. The number of fused-ring (bicyclic) bond motifs is 1. The number of nitrogens with zero attached hydrogens (tertiary/aromatic N) is 3. The van der Waals surface area contributed by atoms with E-state index in [2.05, 4.69) is 5.10 Å². The van der Waals surface area contributed by atoms with Crippen LogP contribution in [-0.4, -0.2) is 24.7 Å². The van der Waals surface area contributed by atoms with Crippen molar-refractivity contribution in [3.05, 3.63) is 95.5 Å². The third-order valence-corrected chi connectivity index (χ3v) is 5.76. The maximum atomic E-state index is 13.5. The number of rotatable bonds is 3. The molecule has 0 radical (unpaired) electrons. The lowest BCUT2D eigenvalue weighted by atomic mass is 9.96. The smallest absolute Gasteiger partial charge is 0.299 e. The number of aryl methyl sites for hydroxylation is 5. The number of carbonyl (C=O) groups is 1. The number of H-pyrrole nitrogens is 1. The highest BCUT2D eigenvalue weighted by Crippen LogP contribution is 2.21. The van der Waals surface area contributed by atoms with Gasteiger partial charge < -0.3 is 0 Å². The number of carbonyl (C=O) groups excluding carboxylic acids is 1. The number of ketones is 1. The normalized spacial score (nSPS) is 11.3. The fourth-order valence-electron chi connectivity index (χ4n) is 4.06. The molecule has 0 bridgehead atoms. The Kier molecular flexibility index (Phi) is 4.65. The van der Waals surface area contributed by atoms with Crippen LogP contribution in [-0.2, 0) is 14.1 Å². The van der Waals surface area contributed by atoms with Gasteiger partial charge in [0, 0.05) is 25.4 Å². The van der Waals surface area contributed by atoms with Gasteiger partial charge in [0.1, 0.15) is 5.56 Å². The molecule has 0 aliphatic carbocycles. The predicted molar refractivity (Wildman–Crippen MR) is 118 cm³/mol. The highest BCUT2D eigenvalue weighted by Gasteiger charge is 2.24. The summed E-state index contributed by atoms with van der Waals surface area (Å²) in [5.74, 6) is -0.463. The molecule has 0 aliphatic rings. The minimum atomic E-state index is -0.502. The summed E-state index contributed by atoms with van der Waals surface area (Å²) in [4.78, 5) is 52.1. The molecule has 4 rings (SSSR count). The molecule has 158 valence electrons. The van der Waals surface area contributed by atoms with Crippen LogP contribution in [0.2, 0.25) is 0 Å². The topological polar surface area (TPSA) is 98.9 Å². The van der Waals surface area contributed by atoms with Gasteiger partial charge in [-0.3, -0.25) is 28.7 Å². The monoisotopic (exact) mass is 418 g/mol. The van der Waals surface area contributed by atoms with Gasteiger partial charge in [0.15, 0.2) is 0 Å². The Morgan fingerprint density at radius 1 is 0.903 bits per heavy atom. The summed E-state index contributed by atoms with van der Waals surface area (Å²) in [6, 6.07) is 10.3. The van der Waals surface area contributed by atoms with E-state index in [0.29, 0.717) is 22.5 Å². The van der Waals surface area contributed by atoms with Crippen molar-refractivity contribution >= 4 is 16.7 Å². The van der Waals surface area contributed by atoms with Gasteiger partial charge in [0.25, 0.3) is 11.1 Å². The Morgan fingerprint density at radius 3 is 2.19 bits per heavy atom. The molecule has 4 aromatic rings. The van der Waals surface area contributed by atoms with Crippen LogP contribution in [0.25, 0.3) is 16.6 Å². The van der Waals surface area contributed by atoms with Crippen LogP contribution >= 0.6 is 0 Å². The molecule has 0 atom stereocenters. The molecule has 8 nitrogen and oxygen atoms in total. The first kappa shape index (κ1) is 20.3. The number of benzene rings is 2. The Balaban J connectivity index is 2.08. The highest BCUT2D eigenvalue weighted by atomic mass is 16.2. The Morgan fingerprint density at radius 2 is 1.58 bits per heavy atom. The van der Waals surface area contributed by atoms with Gasteiger partial charge in [-0.15, -0.1) is 0 Å². The standard InChI is InChI=1S/C23H22N4O4/c1-12-8-6-7-9-16(12)27-22(30)18-13(2)15(10-11-17(18)25(4)23(27)31)20(28)19-14(3)24-26(5)21(19)29/h6-11,24H,1-5H3. The number of aromatic nitrogens is 4. The summed E-state index contributed by atoms with van der Waals surface area (Å²) in [7, 11) is 3.13. The summed E-state index contributed by atoms with van der Waals surface area (Å²) < 4.78 is 3.76. The van der Waals surface area contributed by atoms with Crippen molar-refractivity contribution in [3.63, 3.8) is 0 Å². The zero-order chi connectivity index (χ0) is 22.6. The molecule has 0 spiro atoms. The number of nitrogens with one attached hydrogen (secondary N) is 1. The summed E-state index contributed by atoms with van der Waals surface area (Å²) in [5.41, 5.74) is 1.45. The fraction of sp³-hybridized carbons (Fsp3) is 0.217. The van der Waals surface area contributed by atoms with Gasteiger partial charge in [-0.2, -0.15) is 0 Å². The highest BCUT2D eigenvalue weighted by molar-refractivity contribution is 6.12. The average Bonchev–Trinajstić information content (AvgIpc) is 2.98. The van der Waals surface area contributed by atoms with Gasteiger partial charge in [-0.25, -0.2) is 9.36 Å². The maximum absolute atomic E-state index is 13.5. The molecule has 0 fully saturated rings. The first-order chi connectivity index (χ1) is 14.6. The second-order valence-corrected chi connectivity index (χ2v) is 7.71. The number of aromatic amines is 1. The Labute approximate surface area is 177 Å². The lowest BCUT2D eigenvalue weighted by molar-refractivity contribution is 0.103. The fourth-order valence-corrected chi connectivity index (χ4v) is 4.06. The van der Waals surface area contributed by atoms with Crippen molar-refractivity contribution in [3.8, 4) is 5.69 Å². The first-order valence-electron chi connectivity index (χ1n) is 9.76. The lowest BCUT2D eigenvalue weighted by Crippen LogP contribution is -2.38. The molecule has 31 heavy (non-hydrogen) atoms. The molecule has 0 amide bonds. The van der Waals surface area contributed by atoms with E-state index in [4.69, 9.17) is 0 Å². The molecule has 0 unspecified atom stereocenters. The summed E-state index contributed by atoms with van der Waals surface area (Å²) >= 11 is 0. The molecular weight excluding hydrogens is 396 g/mol. The summed E-state index contributed by atoms with van der Waals surface area (Å²) in [5, 5.41) is 3.08. The van der Waals surface area contributed by atoms with Crippen LogP contribution in [0.4, 0.5) is 0 Å². The molecule has 0 saturated heterocycles. The average molecular weight is 418 g/mol. The van der Waals surface area contributed by atoms with E-state index < -0.39 is 22.6 Å². The van der Waals surface area contributed by atoms with E-state index >= 15 is 0 Å². The minimum absolute atomic E-state index is 0.0361. The van der Waals surface area contributed by atoms with Gasteiger partial charge in [-0.05, 0) is 50.1 Å². The zero-order valence-electron chi connectivity index (χ0n) is 17.9. The molecule has 2 heterocycles. The molecule has 1 N–H and O–H groups in total. The predicted octanol–water partition coefficient (Wildman–Crippen LogP) is 1.87. The van der Waals surface area contributed by atoms with Crippen LogP contribution < -0.4 is 16.8 Å². The van der Waals surface area contributed by atoms with Gasteiger partial charge in [0.05, 0.1) is 16.6 Å². The van der Waals surface area contributed by atoms with Gasteiger partial charge in [0.2, 0.25) is 5.78 Å². The van der Waals surface area contributed by atoms with Gasteiger partial charge in [-0.1, -0.05) is 18.2 Å². The lowest BCUT2D eigenvalue weighted by Gasteiger charge is -2.15. The second-order valence-electron chi connectivity index (χ2n) is 7.71. The molecular formula is C23H22N4O4. The van der Waals surface area contributed by atoms with E-state index in [0.717, 1.165) is 10.1 Å². The SMILES string of the molecule is Cc1ccccc1-n1c(=O)c2c(C)c(C(=O)c3c(C)[nH]n(C)c3=O)ccc2n(C)c1=O. The van der Waals surface area contributed by atoms with Crippen LogP contribution in [0.1, 0.15) is 32.7 Å². The molecule has 0 aliphatic heterocycles. The van der Waals surface area contributed by atoms with Crippen molar-refractivity contribution in [2.75, 3.05) is 0 Å². The zero-order valence-corrected chi connectivity index (χ0v) is 17.9. The largest absolute Gasteiger partial charge is 0.335 e. The minimum Gasteiger partial charge on any atom is -0.299 e. The second kappa shape index (κ2) is 7.09. The van der Waals surface area contributed by atoms with E-state index in [9.17, 15) is 19.2 Å². The van der Waals surface area contributed by atoms with Crippen LogP contribution in [0.3, 0.4) is 0 Å². The number of para-hydroxylation sites is 1. The quantitative estimate of drug-likeness (QED) is 0.514. The molecule has 8 heteroatoms. The van der Waals surface area contributed by atoms with Crippen molar-refractivity contribution < 1.29 is 4.79 Å². The van der Waals surface area contributed by atoms with Crippen LogP contribution in [0.5, 0.6) is 0 Å². The summed E-state index contributed by atoms with van der Waals surface area (Å²) in [6.45, 7) is 5.14. The Bertz CT molecular complexity index is 1560. The van der Waals surface area contributed by atoms with Crippen molar-refractivity contribution in [1.82, 2.24) is 18.9 Å². The summed E-state index contributed by atoms with van der Waals surface area (Å²) in [6.07, 6.45) is 0. The first-order valence-corrected chi connectivity index (χ1v) is 9.76. The van der Waals surface area contributed by atoms with Crippen molar-refractivity contribution in [1.29, 1.82) is 0 Å². The molecule has 2 aromatic heterocycles. The molecule has 0 saturated carbocycles. The van der Waals surface area contributed by atoms with Gasteiger partial charge >= 0.3 is 5.69 Å². The van der Waals surface area contributed by atoms with E-state index in [1.165, 1.54) is 16.3 Å². The van der Waals surface area contributed by atoms with Crippen LogP contribution in [0, 0.1) is 20.8 Å². The van der Waals surface area contributed by atoms with E-state index in [1.54, 1.807) is 45.2 Å². The van der Waals surface area contributed by atoms with Crippen molar-refractivity contribution in [2.24, 2.45) is 14.1 Å². The number of hydrogen-bond acceptors (Lipinski definition) is 4.